The number of ether oxygens (including phenoxy) is 2. The van der Waals surface area contributed by atoms with Gasteiger partial charge >= 0.3 is 0 Å². The minimum Gasteiger partial charge on any atom is -0.354 e. The fourth-order valence-electron chi connectivity index (χ4n) is 1.60. The van der Waals surface area contributed by atoms with Gasteiger partial charge in [0.25, 0.3) is 0 Å². The molecule has 1 saturated heterocycles. The maximum atomic E-state index is 11.7. The smallest absolute Gasteiger partial charge is 0.232 e. The summed E-state index contributed by atoms with van der Waals surface area (Å²) in [5.41, 5.74) is 0. The zero-order valence-electron chi connectivity index (χ0n) is 9.52. The van der Waals surface area contributed by atoms with E-state index in [0.29, 0.717) is 0 Å². The fraction of sp³-hybridized carbons (Fsp3) is 0.800. The maximum absolute atomic E-state index is 11.7. The molecule has 1 fully saturated rings. The molecule has 1 heterocycles. The third-order valence-electron chi connectivity index (χ3n) is 2.92. The average molecular weight is 215 g/mol. The van der Waals surface area contributed by atoms with Crippen LogP contribution in [0.25, 0.3) is 0 Å². The molecule has 2 amide bonds. The third-order valence-corrected chi connectivity index (χ3v) is 2.92. The summed E-state index contributed by atoms with van der Waals surface area (Å²) >= 11 is 0. The molecule has 2 atom stereocenters. The zero-order valence-corrected chi connectivity index (χ0v) is 9.52. The standard InChI is InChI=1S/C10H17NO4/c1-6-7(2)10(13)11(9(6)12)5-8(14-3)15-4/h6-8H,5H2,1-4H3. The van der Waals surface area contributed by atoms with Crippen LogP contribution in [0, 0.1) is 11.8 Å². The number of amides is 2. The second-order valence-corrected chi connectivity index (χ2v) is 3.77. The molecule has 2 unspecified atom stereocenters. The van der Waals surface area contributed by atoms with Gasteiger partial charge in [-0.25, -0.2) is 0 Å². The zero-order chi connectivity index (χ0) is 11.6. The summed E-state index contributed by atoms with van der Waals surface area (Å²) in [5.74, 6) is -0.781. The van der Waals surface area contributed by atoms with Gasteiger partial charge in [0.15, 0.2) is 6.29 Å². The van der Waals surface area contributed by atoms with Crippen LogP contribution in [0.2, 0.25) is 0 Å². The lowest BCUT2D eigenvalue weighted by atomic mass is 10.00. The number of nitrogens with zero attached hydrogens (tertiary/aromatic N) is 1. The van der Waals surface area contributed by atoms with Crippen molar-refractivity contribution in [1.29, 1.82) is 0 Å². The number of hydrogen-bond donors (Lipinski definition) is 0. The van der Waals surface area contributed by atoms with Gasteiger partial charge in [-0.2, -0.15) is 0 Å². The monoisotopic (exact) mass is 215 g/mol. The molecule has 0 aromatic heterocycles. The lowest BCUT2D eigenvalue weighted by molar-refractivity contribution is -0.153. The molecule has 0 saturated carbocycles. The average Bonchev–Trinajstić information content (AvgIpc) is 2.42. The number of carbonyl (C=O) groups is 2. The highest BCUT2D eigenvalue weighted by atomic mass is 16.7. The summed E-state index contributed by atoms with van der Waals surface area (Å²) in [6.07, 6.45) is -0.546. The first-order valence-corrected chi connectivity index (χ1v) is 4.93. The lowest BCUT2D eigenvalue weighted by Crippen LogP contribution is -2.39. The predicted octanol–water partition coefficient (Wildman–Crippen LogP) is 0.246. The summed E-state index contributed by atoms with van der Waals surface area (Å²) in [6, 6.07) is 0. The summed E-state index contributed by atoms with van der Waals surface area (Å²) < 4.78 is 9.92. The van der Waals surface area contributed by atoms with Gasteiger partial charge in [0.1, 0.15) is 0 Å². The van der Waals surface area contributed by atoms with Crippen molar-refractivity contribution < 1.29 is 19.1 Å². The summed E-state index contributed by atoms with van der Waals surface area (Å²) in [6.45, 7) is 3.69. The van der Waals surface area contributed by atoms with Gasteiger partial charge < -0.3 is 9.47 Å². The molecule has 0 bridgehead atoms. The van der Waals surface area contributed by atoms with Gasteiger partial charge in [-0.15, -0.1) is 0 Å². The SMILES string of the molecule is COC(CN1C(=O)C(C)C(C)C1=O)OC. The molecule has 0 spiro atoms. The van der Waals surface area contributed by atoms with E-state index in [4.69, 9.17) is 9.47 Å². The predicted molar refractivity (Wildman–Crippen MR) is 52.9 cm³/mol. The largest absolute Gasteiger partial charge is 0.354 e. The minimum absolute atomic E-state index is 0.147. The van der Waals surface area contributed by atoms with E-state index in [1.165, 1.54) is 19.1 Å². The molecule has 15 heavy (non-hydrogen) atoms. The van der Waals surface area contributed by atoms with E-state index < -0.39 is 6.29 Å². The Morgan fingerprint density at radius 1 is 1.13 bits per heavy atom. The Labute approximate surface area is 89.3 Å². The number of methoxy groups -OCH3 is 2. The second-order valence-electron chi connectivity index (χ2n) is 3.77. The number of rotatable bonds is 4. The van der Waals surface area contributed by atoms with Crippen LogP contribution in [0.1, 0.15) is 13.8 Å². The molecule has 86 valence electrons. The van der Waals surface area contributed by atoms with Crippen LogP contribution in [0.4, 0.5) is 0 Å². The molecule has 1 aliphatic heterocycles. The highest BCUT2D eigenvalue weighted by molar-refractivity contribution is 6.04. The minimum atomic E-state index is -0.546. The van der Waals surface area contributed by atoms with Gasteiger partial charge in [-0.1, -0.05) is 13.8 Å². The Kier molecular flexibility index (Phi) is 3.82. The topological polar surface area (TPSA) is 55.8 Å². The molecule has 0 N–H and O–H groups in total. The van der Waals surface area contributed by atoms with Crippen molar-refractivity contribution in [1.82, 2.24) is 4.90 Å². The van der Waals surface area contributed by atoms with E-state index >= 15 is 0 Å². The number of likely N-dealkylation sites (tertiary alicyclic amines) is 1. The normalized spacial score (nSPS) is 26.9. The molecule has 0 aromatic rings. The van der Waals surface area contributed by atoms with Crippen LogP contribution in [0.15, 0.2) is 0 Å². The van der Waals surface area contributed by atoms with E-state index in [9.17, 15) is 9.59 Å². The first-order valence-electron chi connectivity index (χ1n) is 4.93. The molecule has 1 aliphatic rings. The molecule has 0 radical (unpaired) electrons. The van der Waals surface area contributed by atoms with Crippen LogP contribution in [-0.4, -0.2) is 43.8 Å². The van der Waals surface area contributed by atoms with Crippen LogP contribution in [0.3, 0.4) is 0 Å². The van der Waals surface area contributed by atoms with E-state index in [-0.39, 0.29) is 30.2 Å². The van der Waals surface area contributed by atoms with Crippen LogP contribution in [-0.2, 0) is 19.1 Å². The molecular weight excluding hydrogens is 198 g/mol. The number of imide groups is 1. The van der Waals surface area contributed by atoms with Gasteiger partial charge in [-0.05, 0) is 0 Å². The Hall–Kier alpha value is -0.940. The molecule has 0 aliphatic carbocycles. The highest BCUT2D eigenvalue weighted by Crippen LogP contribution is 2.25. The first kappa shape index (κ1) is 12.1. The van der Waals surface area contributed by atoms with Crippen LogP contribution >= 0.6 is 0 Å². The van der Waals surface area contributed by atoms with Crippen molar-refractivity contribution in [2.75, 3.05) is 20.8 Å². The van der Waals surface area contributed by atoms with Gasteiger partial charge in [0.2, 0.25) is 11.8 Å². The Morgan fingerprint density at radius 2 is 1.53 bits per heavy atom. The Morgan fingerprint density at radius 3 is 1.87 bits per heavy atom. The summed E-state index contributed by atoms with van der Waals surface area (Å²) in [4.78, 5) is 24.6. The third kappa shape index (κ3) is 2.18. The van der Waals surface area contributed by atoms with Crippen LogP contribution < -0.4 is 0 Å². The molecule has 1 rings (SSSR count). The van der Waals surface area contributed by atoms with Crippen molar-refractivity contribution in [2.24, 2.45) is 11.8 Å². The quantitative estimate of drug-likeness (QED) is 0.498. The van der Waals surface area contributed by atoms with E-state index in [1.54, 1.807) is 13.8 Å². The summed E-state index contributed by atoms with van der Waals surface area (Å²) in [5, 5.41) is 0. The van der Waals surface area contributed by atoms with Gasteiger partial charge in [-0.3, -0.25) is 14.5 Å². The van der Waals surface area contributed by atoms with Crippen molar-refractivity contribution in [2.45, 2.75) is 20.1 Å². The molecular formula is C10H17NO4. The van der Waals surface area contributed by atoms with E-state index in [1.807, 2.05) is 0 Å². The number of hydrogen-bond acceptors (Lipinski definition) is 4. The second kappa shape index (κ2) is 4.72. The number of carbonyl (C=O) groups excluding carboxylic acids is 2. The molecule has 0 aromatic carbocycles. The van der Waals surface area contributed by atoms with E-state index in [0.717, 1.165) is 0 Å². The van der Waals surface area contributed by atoms with Crippen molar-refractivity contribution in [3.8, 4) is 0 Å². The highest BCUT2D eigenvalue weighted by Gasteiger charge is 2.42. The molecule has 5 nitrogen and oxygen atoms in total. The van der Waals surface area contributed by atoms with Crippen molar-refractivity contribution >= 4 is 11.8 Å². The maximum Gasteiger partial charge on any atom is 0.232 e. The fourth-order valence-corrected chi connectivity index (χ4v) is 1.60. The van der Waals surface area contributed by atoms with E-state index in [2.05, 4.69) is 0 Å². The van der Waals surface area contributed by atoms with Crippen molar-refractivity contribution in [3.05, 3.63) is 0 Å². The van der Waals surface area contributed by atoms with Gasteiger partial charge in [0.05, 0.1) is 6.54 Å². The lowest BCUT2D eigenvalue weighted by Gasteiger charge is -2.20. The van der Waals surface area contributed by atoms with Crippen LogP contribution in [0.5, 0.6) is 0 Å². The Bertz CT molecular complexity index is 242. The Balaban J connectivity index is 2.70. The first-order chi connectivity index (χ1) is 7.02. The van der Waals surface area contributed by atoms with Gasteiger partial charge in [0, 0.05) is 26.1 Å². The molecule has 5 heteroatoms. The van der Waals surface area contributed by atoms with Crippen molar-refractivity contribution in [3.63, 3.8) is 0 Å². The summed E-state index contributed by atoms with van der Waals surface area (Å²) in [7, 11) is 2.96.